The van der Waals surface area contributed by atoms with E-state index in [4.69, 9.17) is 18.8 Å². The molecule has 0 aliphatic rings. The Bertz CT molecular complexity index is 3190. The fourth-order valence-electron chi connectivity index (χ4n) is 8.83. The smallest absolute Gasteiger partial charge is 0.486 e. The first-order chi connectivity index (χ1) is 31.5. The third-order valence-electron chi connectivity index (χ3n) is 12.4. The zero-order chi connectivity index (χ0) is 43.2. The number of pyridine rings is 5. The average molecular weight is 1030 g/mol. The summed E-state index contributed by atoms with van der Waals surface area (Å²) in [6.45, 7) is 3.95. The molecule has 7 heterocycles. The molecule has 0 unspecified atom stereocenters. The molecule has 0 spiro atoms. The number of hydrogen-bond donors (Lipinski definition) is 0. The van der Waals surface area contributed by atoms with Gasteiger partial charge in [0.15, 0.2) is 0 Å². The van der Waals surface area contributed by atoms with Gasteiger partial charge in [-0.05, 0) is 111 Å². The van der Waals surface area contributed by atoms with Gasteiger partial charge >= 0.3 is 20.1 Å². The Kier molecular flexibility index (Phi) is 13.7. The van der Waals surface area contributed by atoms with Crippen LogP contribution in [0.25, 0.3) is 77.9 Å². The normalized spacial score (nSPS) is 11.5. The van der Waals surface area contributed by atoms with Crippen LogP contribution >= 0.6 is 0 Å². The number of unbranched alkanes of at least 4 members (excludes halogenated alkanes) is 6. The maximum absolute atomic E-state index is 6.19. The first-order valence-electron chi connectivity index (χ1n) is 22.8. The Morgan fingerprint density at radius 3 is 1.74 bits per heavy atom. The molecule has 0 atom stereocenters. The zero-order valence-electron chi connectivity index (χ0n) is 36.9. The number of aromatic nitrogens is 5. The first-order valence-corrected chi connectivity index (χ1v) is 22.8. The minimum atomic E-state index is 0. The molecule has 0 bridgehead atoms. The van der Waals surface area contributed by atoms with Gasteiger partial charge in [-0.15, -0.1) is 53.6 Å². The van der Waals surface area contributed by atoms with Crippen molar-refractivity contribution in [1.82, 2.24) is 24.9 Å². The monoisotopic (exact) mass is 1030 g/mol. The van der Waals surface area contributed by atoms with Crippen LogP contribution in [0.1, 0.15) is 85.0 Å². The topological polar surface area (TPSA) is 90.7 Å². The number of hydrogen-bond acceptors (Lipinski definition) is 7. The molecule has 0 N–H and O–H groups in total. The molecule has 324 valence electrons. The first kappa shape index (κ1) is 43.9. The van der Waals surface area contributed by atoms with E-state index in [1.165, 1.54) is 54.4 Å². The van der Waals surface area contributed by atoms with Gasteiger partial charge in [0.1, 0.15) is 0 Å². The van der Waals surface area contributed by atoms with Gasteiger partial charge in [0.05, 0.1) is 5.58 Å². The molecule has 0 radical (unpaired) electrons. The molecule has 65 heavy (non-hydrogen) atoms. The molecule has 3 aromatic carbocycles. The van der Waals surface area contributed by atoms with Crippen molar-refractivity contribution < 1.29 is 28.9 Å². The molecule has 0 fully saturated rings. The van der Waals surface area contributed by atoms with Crippen molar-refractivity contribution in [3.8, 4) is 33.8 Å². The molecule has 10 aromatic rings. The van der Waals surface area contributed by atoms with E-state index in [0.29, 0.717) is 11.4 Å². The number of benzene rings is 3. The average Bonchev–Trinajstić information content (AvgIpc) is 3.89. The molecular formula is C57H50IrN5O2. The minimum Gasteiger partial charge on any atom is -0.486 e. The van der Waals surface area contributed by atoms with E-state index < -0.39 is 0 Å². The summed E-state index contributed by atoms with van der Waals surface area (Å²) >= 11 is 0. The minimum absolute atomic E-state index is 0. The van der Waals surface area contributed by atoms with E-state index in [1.54, 1.807) is 0 Å². The van der Waals surface area contributed by atoms with Crippen molar-refractivity contribution in [2.45, 2.75) is 90.9 Å². The largest absolute Gasteiger partial charge is 3.00 e. The second-order valence-corrected chi connectivity index (χ2v) is 17.1. The molecule has 7 nitrogen and oxygen atoms in total. The number of fused-ring (bicyclic) bond motifs is 6. The number of aryl methyl sites for hydroxylation is 6. The Morgan fingerprint density at radius 1 is 0.477 bits per heavy atom. The van der Waals surface area contributed by atoms with Crippen LogP contribution < -0.4 is 0 Å². The van der Waals surface area contributed by atoms with E-state index in [1.807, 2.05) is 68.8 Å². The molecule has 0 aliphatic heterocycles. The Balaban J connectivity index is 0.00000533. The Labute approximate surface area is 394 Å². The van der Waals surface area contributed by atoms with Crippen LogP contribution in [-0.2, 0) is 45.8 Å². The second kappa shape index (κ2) is 20.2. The Morgan fingerprint density at radius 2 is 1.09 bits per heavy atom. The number of nitrogens with zero attached hydrogens (tertiary/aromatic N) is 5. The van der Waals surface area contributed by atoms with Gasteiger partial charge in [-0.25, -0.2) is 9.97 Å². The van der Waals surface area contributed by atoms with Crippen LogP contribution in [0.2, 0.25) is 0 Å². The van der Waals surface area contributed by atoms with E-state index in [2.05, 4.69) is 99.9 Å². The third-order valence-corrected chi connectivity index (χ3v) is 12.4. The van der Waals surface area contributed by atoms with E-state index in [-0.39, 0.29) is 20.1 Å². The summed E-state index contributed by atoms with van der Waals surface area (Å²) in [5.74, 6) is 0. The molecule has 0 saturated carbocycles. The Hall–Kier alpha value is -6.34. The standard InChI is InChI=1S/C57H50N5O2.Ir/c1-38-21-29-47-45-17-11-19-49(54(45)63-56(47)61-38)51-31-25-42(36-59-51)15-9-5-3-7-13-40-23-27-44(28-24-40)53-35-41(33-34-58-53)14-8-4-6-10-16-43-26-32-52(60-37-43)50-20-12-18-46-48-30-22-39(2)62-57(48)64-55(46)50;/h11,17-18,20-27,29-37H,3-10,13-16H2,1-2H3;/q-3;+3. The van der Waals surface area contributed by atoms with E-state index in [0.717, 1.165) is 123 Å². The predicted molar refractivity (Wildman–Crippen MR) is 257 cm³/mol. The zero-order valence-corrected chi connectivity index (χ0v) is 39.3. The van der Waals surface area contributed by atoms with E-state index >= 15 is 0 Å². The van der Waals surface area contributed by atoms with Gasteiger partial charge in [-0.3, -0.25) is 4.98 Å². The predicted octanol–water partition coefficient (Wildman–Crippen LogP) is 14.2. The van der Waals surface area contributed by atoms with Gasteiger partial charge in [-0.1, -0.05) is 96.3 Å². The summed E-state index contributed by atoms with van der Waals surface area (Å²) in [5.41, 5.74) is 15.6. The molecule has 0 amide bonds. The van der Waals surface area contributed by atoms with Gasteiger partial charge in [-0.2, -0.15) is 18.2 Å². The summed E-state index contributed by atoms with van der Waals surface area (Å²) in [4.78, 5) is 23.5. The number of rotatable bonds is 17. The van der Waals surface area contributed by atoms with Crippen molar-refractivity contribution in [1.29, 1.82) is 0 Å². The second-order valence-electron chi connectivity index (χ2n) is 17.1. The van der Waals surface area contributed by atoms with Crippen molar-refractivity contribution in [3.05, 3.63) is 174 Å². The van der Waals surface area contributed by atoms with Crippen LogP contribution in [0.15, 0.2) is 131 Å². The van der Waals surface area contributed by atoms with Crippen molar-refractivity contribution in [2.24, 2.45) is 0 Å². The molecule has 8 heteroatoms. The molecule has 0 saturated heterocycles. The maximum Gasteiger partial charge on any atom is 3.00 e. The molecule has 0 aliphatic carbocycles. The van der Waals surface area contributed by atoms with E-state index in [9.17, 15) is 0 Å². The summed E-state index contributed by atoms with van der Waals surface area (Å²) in [7, 11) is 0. The fourth-order valence-corrected chi connectivity index (χ4v) is 8.83. The van der Waals surface area contributed by atoms with Crippen LogP contribution in [-0.4, -0.2) is 24.9 Å². The third kappa shape index (κ3) is 10.00. The number of furan rings is 2. The van der Waals surface area contributed by atoms with Crippen LogP contribution in [0.5, 0.6) is 0 Å². The van der Waals surface area contributed by atoms with Gasteiger partial charge < -0.3 is 18.8 Å². The van der Waals surface area contributed by atoms with Crippen LogP contribution in [0, 0.1) is 32.0 Å². The van der Waals surface area contributed by atoms with Crippen LogP contribution in [0.3, 0.4) is 0 Å². The maximum atomic E-state index is 6.19. The molecule has 10 rings (SSSR count). The van der Waals surface area contributed by atoms with Crippen LogP contribution in [0.4, 0.5) is 0 Å². The summed E-state index contributed by atoms with van der Waals surface area (Å²) in [5, 5.41) is 4.09. The summed E-state index contributed by atoms with van der Waals surface area (Å²) in [6, 6.07) is 45.8. The van der Waals surface area contributed by atoms with Crippen molar-refractivity contribution >= 4 is 44.1 Å². The fraction of sp³-hybridized carbons (Fsp3) is 0.246. The molecular weight excluding hydrogens is 979 g/mol. The van der Waals surface area contributed by atoms with Crippen molar-refractivity contribution in [2.75, 3.05) is 0 Å². The van der Waals surface area contributed by atoms with Gasteiger partial charge in [0.2, 0.25) is 11.4 Å². The summed E-state index contributed by atoms with van der Waals surface area (Å²) < 4.78 is 12.4. The van der Waals surface area contributed by atoms with Crippen molar-refractivity contribution in [3.63, 3.8) is 0 Å². The SMILES string of the molecule is Cc1ccc2c(n1)oc1c(-c3ccc(CCCCCCc4c[c-]c(-c5cc(CCCCCCc6ccc(-c7c[c-]cc8c7oc7nc(C)ccc78)nc6)ccn5)cc4)cn3)[c-]ccc12.[Ir+3]. The summed E-state index contributed by atoms with van der Waals surface area (Å²) in [6.07, 6.45) is 19.6. The quantitative estimate of drug-likeness (QED) is 0.0663. The van der Waals surface area contributed by atoms with Gasteiger partial charge in [0.25, 0.3) is 0 Å². The molecule has 7 aromatic heterocycles. The van der Waals surface area contributed by atoms with Gasteiger partial charge in [0, 0.05) is 46.6 Å².